The molecule has 0 unspecified atom stereocenters. The van der Waals surface area contributed by atoms with Crippen LogP contribution in [0.5, 0.6) is 0 Å². The maximum absolute atomic E-state index is 8.25. The van der Waals surface area contributed by atoms with Crippen LogP contribution in [-0.4, -0.2) is 15.3 Å². The average Bonchev–Trinajstić information content (AvgIpc) is 1.54. The van der Waals surface area contributed by atoms with Crippen LogP contribution in [0, 0.1) is 95.3 Å². The SMILES string of the molecule is O=[N+]([O-])[O-].O=[N+]([O-])[O-].O=[N+]([O-])[O-].[Eu+2]. The molecule has 0 rings (SSSR count). The topological polar surface area (TPSA) is 199 Å². The van der Waals surface area contributed by atoms with E-state index in [1.807, 2.05) is 0 Å². The molecule has 12 nitrogen and oxygen atoms in total. The Bertz CT molecular complexity index is 112. The minimum Gasteiger partial charge on any atom is -0.356 e. The van der Waals surface area contributed by atoms with E-state index in [0.29, 0.717) is 0 Å². The molecule has 0 aliphatic carbocycles. The minimum absolute atomic E-state index is 0. The molecule has 0 aromatic rings. The van der Waals surface area contributed by atoms with Gasteiger partial charge in [-0.05, 0) is 0 Å². The predicted octanol–water partition coefficient (Wildman–Crippen LogP) is -0.717. The molecule has 0 atom stereocenters. The molecule has 13 heteroatoms. The molecule has 0 aliphatic rings. The standard InChI is InChI=1S/Eu.3NO3/c;3*2-1(3)4/q+2;3*-1. The van der Waals surface area contributed by atoms with Gasteiger partial charge in [-0.3, -0.25) is 0 Å². The summed E-state index contributed by atoms with van der Waals surface area (Å²) in [5.74, 6) is 0. The molecular formula is EuN3O9-. The Morgan fingerprint density at radius 2 is 0.538 bits per heavy atom. The van der Waals surface area contributed by atoms with Gasteiger partial charge in [-0.1, -0.05) is 0 Å². The third-order valence-electron chi connectivity index (χ3n) is 0. The Morgan fingerprint density at radius 3 is 0.538 bits per heavy atom. The van der Waals surface area contributed by atoms with Crippen LogP contribution in [-0.2, 0) is 0 Å². The molecule has 1 radical (unpaired) electrons. The van der Waals surface area contributed by atoms with Crippen LogP contribution >= 0.6 is 0 Å². The van der Waals surface area contributed by atoms with Gasteiger partial charge in [-0.25, -0.2) is 0 Å². The fraction of sp³-hybridized carbons (Fsp3) is 0. The Hall–Kier alpha value is -0.816. The Morgan fingerprint density at radius 1 is 0.538 bits per heavy atom. The zero-order valence-electron chi connectivity index (χ0n) is 5.39. The van der Waals surface area contributed by atoms with Crippen molar-refractivity contribution in [2.75, 3.05) is 0 Å². The van der Waals surface area contributed by atoms with Crippen molar-refractivity contribution < 1.29 is 64.6 Å². The maximum Gasteiger partial charge on any atom is 2.00 e. The van der Waals surface area contributed by atoms with E-state index in [1.165, 1.54) is 0 Å². The van der Waals surface area contributed by atoms with E-state index in [9.17, 15) is 0 Å². The molecule has 13 heavy (non-hydrogen) atoms. The Labute approximate surface area is 110 Å². The van der Waals surface area contributed by atoms with Crippen molar-refractivity contribution in [3.8, 4) is 0 Å². The summed E-state index contributed by atoms with van der Waals surface area (Å²) in [6.07, 6.45) is 0. The molecule has 0 bridgehead atoms. The number of rotatable bonds is 0. The predicted molar refractivity (Wildman–Crippen MR) is 31.1 cm³/mol. The van der Waals surface area contributed by atoms with Crippen molar-refractivity contribution in [3.63, 3.8) is 0 Å². The van der Waals surface area contributed by atoms with Crippen LogP contribution in [0.25, 0.3) is 0 Å². The van der Waals surface area contributed by atoms with E-state index in [2.05, 4.69) is 0 Å². The maximum atomic E-state index is 8.25. The summed E-state index contributed by atoms with van der Waals surface area (Å²) < 4.78 is 0. The summed E-state index contributed by atoms with van der Waals surface area (Å²) in [6, 6.07) is 0. The molecule has 0 heterocycles. The van der Waals surface area contributed by atoms with Crippen molar-refractivity contribution in [3.05, 3.63) is 46.0 Å². The summed E-state index contributed by atoms with van der Waals surface area (Å²) in [7, 11) is 0. The first-order valence-electron chi connectivity index (χ1n) is 1.64. The second kappa shape index (κ2) is 17.3. The largest absolute Gasteiger partial charge is 2.00 e. The van der Waals surface area contributed by atoms with E-state index in [1.54, 1.807) is 0 Å². The smallest absolute Gasteiger partial charge is 0.356 e. The zero-order chi connectivity index (χ0) is 10.7. The molecule has 0 saturated carbocycles. The van der Waals surface area contributed by atoms with E-state index in [4.69, 9.17) is 46.0 Å². The van der Waals surface area contributed by atoms with Crippen molar-refractivity contribution in [2.24, 2.45) is 0 Å². The first kappa shape index (κ1) is 22.8. The van der Waals surface area contributed by atoms with Crippen LogP contribution in [0.2, 0.25) is 0 Å². The molecule has 0 saturated heterocycles. The first-order chi connectivity index (χ1) is 5.20. The molecule has 0 aliphatic heterocycles. The van der Waals surface area contributed by atoms with Gasteiger partial charge in [0.1, 0.15) is 0 Å². The monoisotopic (exact) mass is 339 g/mol. The molecule has 0 N–H and O–H groups in total. The van der Waals surface area contributed by atoms with Gasteiger partial charge in [0, 0.05) is 0 Å². The molecule has 77 valence electrons. The Balaban J connectivity index is -0.0000000450. The normalized spacial score (nSPS) is 5.54. The number of hydrogen-bond donors (Lipinski definition) is 0. The molecule has 0 spiro atoms. The fourth-order valence-corrected chi connectivity index (χ4v) is 0. The van der Waals surface area contributed by atoms with Gasteiger partial charge in [0.15, 0.2) is 0 Å². The molecule has 0 fully saturated rings. The van der Waals surface area contributed by atoms with Crippen molar-refractivity contribution in [2.45, 2.75) is 0 Å². The Kier molecular flexibility index (Phi) is 30.3. The first-order valence-corrected chi connectivity index (χ1v) is 1.64. The molecular weight excluding hydrogens is 338 g/mol. The van der Waals surface area contributed by atoms with Crippen molar-refractivity contribution in [1.29, 1.82) is 0 Å². The van der Waals surface area contributed by atoms with Gasteiger partial charge in [-0.15, -0.1) is 0 Å². The summed E-state index contributed by atoms with van der Waals surface area (Å²) in [5.41, 5.74) is 0. The average molecular weight is 338 g/mol. The van der Waals surface area contributed by atoms with Gasteiger partial charge < -0.3 is 46.0 Å². The van der Waals surface area contributed by atoms with Crippen LogP contribution < -0.4 is 0 Å². The fourth-order valence-electron chi connectivity index (χ4n) is 0. The van der Waals surface area contributed by atoms with Crippen molar-refractivity contribution in [1.82, 2.24) is 0 Å². The van der Waals surface area contributed by atoms with Crippen LogP contribution in [0.1, 0.15) is 0 Å². The van der Waals surface area contributed by atoms with Crippen molar-refractivity contribution >= 4 is 0 Å². The van der Waals surface area contributed by atoms with E-state index >= 15 is 0 Å². The third-order valence-corrected chi connectivity index (χ3v) is 0. The number of nitrogens with zero attached hydrogens (tertiary/aromatic N) is 3. The number of hydrogen-bond acceptors (Lipinski definition) is 9. The van der Waals surface area contributed by atoms with E-state index < -0.39 is 15.3 Å². The van der Waals surface area contributed by atoms with Gasteiger partial charge >= 0.3 is 49.4 Å². The van der Waals surface area contributed by atoms with E-state index in [0.717, 1.165) is 0 Å². The minimum atomic E-state index is -1.75. The quantitative estimate of drug-likeness (QED) is 0.404. The zero-order valence-corrected chi connectivity index (χ0v) is 7.82. The third kappa shape index (κ3) is 1420. The second-order valence-corrected chi connectivity index (χ2v) is 0.671. The second-order valence-electron chi connectivity index (χ2n) is 0.671. The molecule has 0 amide bonds. The van der Waals surface area contributed by atoms with Gasteiger partial charge in [0.25, 0.3) is 0 Å². The van der Waals surface area contributed by atoms with Crippen LogP contribution in [0.15, 0.2) is 0 Å². The van der Waals surface area contributed by atoms with Gasteiger partial charge in [0.05, 0.1) is 15.3 Å². The van der Waals surface area contributed by atoms with Gasteiger partial charge in [0.2, 0.25) is 0 Å². The van der Waals surface area contributed by atoms with Crippen LogP contribution in [0.3, 0.4) is 0 Å². The summed E-state index contributed by atoms with van der Waals surface area (Å²) in [6.45, 7) is 0. The summed E-state index contributed by atoms with van der Waals surface area (Å²) >= 11 is 0. The van der Waals surface area contributed by atoms with Gasteiger partial charge in [-0.2, -0.15) is 0 Å². The van der Waals surface area contributed by atoms with Crippen LogP contribution in [0.4, 0.5) is 0 Å². The molecule has 0 aromatic heterocycles. The van der Waals surface area contributed by atoms with E-state index in [-0.39, 0.29) is 49.4 Å². The summed E-state index contributed by atoms with van der Waals surface area (Å²) in [4.78, 5) is 24.8. The molecule has 0 aromatic carbocycles. The summed E-state index contributed by atoms with van der Waals surface area (Å²) in [5, 5.41) is 44.2.